The van der Waals surface area contributed by atoms with E-state index >= 15 is 0 Å². The van der Waals surface area contributed by atoms with Gasteiger partial charge in [0.25, 0.3) is 0 Å². The summed E-state index contributed by atoms with van der Waals surface area (Å²) in [5.41, 5.74) is 0. The fourth-order valence-electron chi connectivity index (χ4n) is 4.56. The maximum Gasteiger partial charge on any atom is 0.0284 e. The third-order valence-corrected chi connectivity index (χ3v) is 6.42. The van der Waals surface area contributed by atoms with Gasteiger partial charge in [-0.25, -0.2) is 0 Å². The quantitative estimate of drug-likeness (QED) is 0.516. The minimum absolute atomic E-state index is 0.860. The van der Waals surface area contributed by atoms with E-state index in [2.05, 4.69) is 11.8 Å². The number of hydrogen-bond donors (Lipinski definition) is 0. The molecule has 5 atom stereocenters. The van der Waals surface area contributed by atoms with E-state index in [0.29, 0.717) is 0 Å². The van der Waals surface area contributed by atoms with Crippen LogP contribution in [0.2, 0.25) is 0 Å². The van der Waals surface area contributed by atoms with Crippen molar-refractivity contribution in [2.24, 2.45) is 23.7 Å². The monoisotopic (exact) mass is 180 g/mol. The maximum absolute atomic E-state index is 2.30. The summed E-state index contributed by atoms with van der Waals surface area (Å²) in [5.74, 6) is 6.20. The second-order valence-corrected chi connectivity index (χ2v) is 6.99. The van der Waals surface area contributed by atoms with Crippen molar-refractivity contribution < 1.29 is 0 Å². The Morgan fingerprint density at radius 2 is 1.83 bits per heavy atom. The van der Waals surface area contributed by atoms with Crippen molar-refractivity contribution in [2.45, 2.75) is 36.9 Å². The van der Waals surface area contributed by atoms with Gasteiger partial charge < -0.3 is 0 Å². The van der Waals surface area contributed by atoms with Gasteiger partial charge in [-0.05, 0) is 55.8 Å². The molecule has 0 radical (unpaired) electrons. The molecule has 1 saturated heterocycles. The summed E-state index contributed by atoms with van der Waals surface area (Å²) in [6.45, 7) is 0. The summed E-state index contributed by atoms with van der Waals surface area (Å²) in [7, 11) is 0. The van der Waals surface area contributed by atoms with E-state index in [0.717, 1.165) is 10.7 Å². The highest BCUT2D eigenvalue weighted by Crippen LogP contribution is 2.69. The highest BCUT2D eigenvalue weighted by Gasteiger charge is 2.61. The first kappa shape index (κ1) is 6.75. The van der Waals surface area contributed by atoms with Gasteiger partial charge >= 0.3 is 0 Å². The molecular formula is C11H16S. The van der Waals surface area contributed by atoms with Gasteiger partial charge in [0.1, 0.15) is 0 Å². The third-order valence-electron chi connectivity index (χ3n) is 4.92. The molecule has 0 nitrogen and oxygen atoms in total. The van der Waals surface area contributed by atoms with Gasteiger partial charge in [-0.3, -0.25) is 0 Å². The van der Waals surface area contributed by atoms with Gasteiger partial charge in [0, 0.05) is 10.5 Å². The van der Waals surface area contributed by atoms with E-state index in [9.17, 15) is 0 Å². The van der Waals surface area contributed by atoms with Gasteiger partial charge in [0.15, 0.2) is 0 Å². The van der Waals surface area contributed by atoms with E-state index in [4.69, 9.17) is 0 Å². The molecule has 3 aliphatic carbocycles. The van der Waals surface area contributed by atoms with Crippen molar-refractivity contribution in [3.05, 3.63) is 0 Å². The number of rotatable bonds is 0. The summed E-state index contributed by atoms with van der Waals surface area (Å²) < 4.78 is 0.860. The average Bonchev–Trinajstić information content (AvgIpc) is 2.74. The minimum atomic E-state index is 0.860. The SMILES string of the molecule is C1C2CC3CC1CC1(CS1)C3C2. The Labute approximate surface area is 78.5 Å². The van der Waals surface area contributed by atoms with Gasteiger partial charge in [-0.2, -0.15) is 11.8 Å². The third kappa shape index (κ3) is 0.685. The number of hydrogen-bond acceptors (Lipinski definition) is 1. The normalized spacial score (nSPS) is 66.0. The van der Waals surface area contributed by atoms with E-state index in [1.54, 1.807) is 32.1 Å². The molecule has 0 aromatic rings. The zero-order valence-corrected chi connectivity index (χ0v) is 8.28. The summed E-state index contributed by atoms with van der Waals surface area (Å²) in [6.07, 6.45) is 8.06. The largest absolute Gasteiger partial charge is 0.153 e. The van der Waals surface area contributed by atoms with Crippen LogP contribution in [0.1, 0.15) is 32.1 Å². The molecule has 4 rings (SSSR count). The zero-order valence-electron chi connectivity index (χ0n) is 7.46. The van der Waals surface area contributed by atoms with Crippen molar-refractivity contribution in [1.29, 1.82) is 0 Å². The molecule has 0 aromatic heterocycles. The van der Waals surface area contributed by atoms with Crippen molar-refractivity contribution in [1.82, 2.24) is 0 Å². The Kier molecular flexibility index (Phi) is 1.06. The first-order valence-electron chi connectivity index (χ1n) is 5.50. The molecule has 1 spiro atoms. The molecule has 0 aromatic carbocycles. The molecule has 12 heavy (non-hydrogen) atoms. The molecule has 3 saturated carbocycles. The fraction of sp³-hybridized carbons (Fsp3) is 1.00. The first-order chi connectivity index (χ1) is 5.86. The van der Waals surface area contributed by atoms with Crippen LogP contribution in [0.4, 0.5) is 0 Å². The van der Waals surface area contributed by atoms with E-state index in [1.807, 2.05) is 0 Å². The van der Waals surface area contributed by atoms with Gasteiger partial charge in [0.05, 0.1) is 0 Å². The van der Waals surface area contributed by atoms with E-state index in [-0.39, 0.29) is 0 Å². The van der Waals surface area contributed by atoms with Crippen LogP contribution in [0.25, 0.3) is 0 Å². The van der Waals surface area contributed by atoms with Crippen LogP contribution in [0.3, 0.4) is 0 Å². The standard InChI is InChI=1S/C11H16S/c1-7-2-9-3-8(1)5-11(6-12-11)10(9)4-7/h7-10H,1-6H2. The van der Waals surface area contributed by atoms with Crippen LogP contribution in [0.5, 0.6) is 0 Å². The fourth-order valence-corrected chi connectivity index (χ4v) is 5.94. The molecule has 1 heteroatoms. The van der Waals surface area contributed by atoms with Crippen LogP contribution in [-0.2, 0) is 0 Å². The van der Waals surface area contributed by atoms with Crippen molar-refractivity contribution in [3.63, 3.8) is 0 Å². The van der Waals surface area contributed by atoms with Crippen LogP contribution in [0.15, 0.2) is 0 Å². The van der Waals surface area contributed by atoms with Crippen LogP contribution in [0, 0.1) is 23.7 Å². The lowest BCUT2D eigenvalue weighted by molar-refractivity contribution is 0.160. The van der Waals surface area contributed by atoms with Crippen molar-refractivity contribution >= 4 is 11.8 Å². The Bertz CT molecular complexity index is 229. The van der Waals surface area contributed by atoms with Crippen molar-refractivity contribution in [3.8, 4) is 0 Å². The van der Waals surface area contributed by atoms with Gasteiger partial charge in [-0.1, -0.05) is 0 Å². The van der Waals surface area contributed by atoms with Gasteiger partial charge in [0.2, 0.25) is 0 Å². The summed E-state index contributed by atoms with van der Waals surface area (Å²) in [5, 5.41) is 0. The summed E-state index contributed by atoms with van der Waals surface area (Å²) >= 11 is 2.30. The predicted molar refractivity (Wildman–Crippen MR) is 52.2 cm³/mol. The Morgan fingerprint density at radius 3 is 2.67 bits per heavy atom. The molecule has 4 aliphatic rings. The van der Waals surface area contributed by atoms with Crippen LogP contribution < -0.4 is 0 Å². The van der Waals surface area contributed by atoms with Crippen LogP contribution >= 0.6 is 11.8 Å². The topological polar surface area (TPSA) is 0 Å². The molecule has 1 heterocycles. The average molecular weight is 180 g/mol. The molecule has 0 amide bonds. The number of thioether (sulfide) groups is 1. The molecule has 66 valence electrons. The van der Waals surface area contributed by atoms with Crippen molar-refractivity contribution in [2.75, 3.05) is 5.75 Å². The van der Waals surface area contributed by atoms with Crippen LogP contribution in [-0.4, -0.2) is 10.5 Å². The molecule has 3 bridgehead atoms. The highest BCUT2D eigenvalue weighted by molar-refractivity contribution is 8.07. The lowest BCUT2D eigenvalue weighted by Gasteiger charge is -2.39. The summed E-state index contributed by atoms with van der Waals surface area (Å²) in [6, 6.07) is 0. The molecular weight excluding hydrogens is 164 g/mol. The van der Waals surface area contributed by atoms with E-state index in [1.165, 1.54) is 23.5 Å². The van der Waals surface area contributed by atoms with Gasteiger partial charge in [-0.15, -0.1) is 0 Å². The maximum atomic E-state index is 2.30. The lowest BCUT2D eigenvalue weighted by atomic mass is 9.68. The minimum Gasteiger partial charge on any atom is -0.153 e. The molecule has 4 fully saturated rings. The number of fused-ring (bicyclic) bond motifs is 3. The predicted octanol–water partition coefficient (Wildman–Crippen LogP) is 2.93. The molecule has 0 N–H and O–H groups in total. The first-order valence-corrected chi connectivity index (χ1v) is 6.48. The second-order valence-electron chi connectivity index (χ2n) is 5.60. The van der Waals surface area contributed by atoms with E-state index < -0.39 is 0 Å². The summed E-state index contributed by atoms with van der Waals surface area (Å²) in [4.78, 5) is 0. The molecule has 5 unspecified atom stereocenters. The second kappa shape index (κ2) is 1.89. The Morgan fingerprint density at radius 1 is 1.00 bits per heavy atom. The Balaban J connectivity index is 1.80. The smallest absolute Gasteiger partial charge is 0.0284 e. The zero-order chi connectivity index (χ0) is 7.76. The Hall–Kier alpha value is 0.350. The lowest BCUT2D eigenvalue weighted by Crippen LogP contribution is -2.35. The highest BCUT2D eigenvalue weighted by atomic mass is 32.2. The molecule has 1 aliphatic heterocycles.